The van der Waals surface area contributed by atoms with Crippen molar-refractivity contribution in [3.8, 4) is 0 Å². The summed E-state index contributed by atoms with van der Waals surface area (Å²) in [7, 11) is -3.91. The van der Waals surface area contributed by atoms with E-state index in [1.807, 2.05) is 44.2 Å². The van der Waals surface area contributed by atoms with Crippen molar-refractivity contribution in [3.05, 3.63) is 64.7 Å². The van der Waals surface area contributed by atoms with E-state index in [1.165, 1.54) is 18.2 Å². The summed E-state index contributed by atoms with van der Waals surface area (Å²) >= 11 is 6.15. The van der Waals surface area contributed by atoms with Gasteiger partial charge in [0.1, 0.15) is 4.90 Å². The van der Waals surface area contributed by atoms with E-state index >= 15 is 0 Å². The molecular weight excluding hydrogens is 438 g/mol. The molecule has 1 heterocycles. The van der Waals surface area contributed by atoms with Crippen molar-refractivity contribution in [3.63, 3.8) is 0 Å². The number of benzene rings is 2. The molecule has 31 heavy (non-hydrogen) atoms. The number of carbonyl (C=O) groups is 2. The number of carbonyl (C=O) groups excluding carboxylic acids is 2. The first-order valence-electron chi connectivity index (χ1n) is 10.1. The number of rotatable bonds is 6. The quantitative estimate of drug-likeness (QED) is 0.713. The molecule has 0 atom stereocenters. The van der Waals surface area contributed by atoms with Gasteiger partial charge in [-0.15, -0.1) is 0 Å². The summed E-state index contributed by atoms with van der Waals surface area (Å²) in [6, 6.07) is 13.4. The van der Waals surface area contributed by atoms with Crippen molar-refractivity contribution in [1.29, 1.82) is 0 Å². The van der Waals surface area contributed by atoms with Crippen molar-refractivity contribution in [2.24, 2.45) is 5.92 Å². The first kappa shape index (κ1) is 23.2. The number of nitrogens with one attached hydrogen (secondary N) is 1. The van der Waals surface area contributed by atoms with Gasteiger partial charge < -0.3 is 9.80 Å². The number of hydrogen-bond acceptors (Lipinski definition) is 4. The minimum Gasteiger partial charge on any atom is -0.339 e. The Morgan fingerprint density at radius 3 is 2.23 bits per heavy atom. The van der Waals surface area contributed by atoms with Crippen LogP contribution in [0.2, 0.25) is 5.02 Å². The van der Waals surface area contributed by atoms with Gasteiger partial charge >= 0.3 is 0 Å². The summed E-state index contributed by atoms with van der Waals surface area (Å²) in [4.78, 5) is 28.3. The van der Waals surface area contributed by atoms with Gasteiger partial charge in [0.05, 0.1) is 5.02 Å². The molecule has 0 radical (unpaired) electrons. The average molecular weight is 464 g/mol. The Hall–Kier alpha value is -2.42. The molecule has 1 N–H and O–H groups in total. The lowest BCUT2D eigenvalue weighted by Gasteiger charge is -2.35. The number of hydrogen-bond donors (Lipinski definition) is 1. The standard InChI is InChI=1S/C22H26ClN3O4S/c1-16(2)21(27)25-10-12-26(13-11-25)22(28)18-8-9-19(23)20(14-18)31(29,30)24-15-17-6-4-3-5-7-17/h3-9,14,16,24H,10-13,15H2,1-2H3. The van der Waals surface area contributed by atoms with Gasteiger partial charge in [-0.1, -0.05) is 55.8 Å². The summed E-state index contributed by atoms with van der Waals surface area (Å²) in [6.07, 6.45) is 0. The summed E-state index contributed by atoms with van der Waals surface area (Å²) in [5, 5.41) is 0.0458. The van der Waals surface area contributed by atoms with Crippen LogP contribution in [0.1, 0.15) is 29.8 Å². The first-order chi connectivity index (χ1) is 14.7. The molecule has 166 valence electrons. The molecule has 1 aliphatic heterocycles. The molecule has 1 fully saturated rings. The third kappa shape index (κ3) is 5.64. The second-order valence-corrected chi connectivity index (χ2v) is 9.87. The zero-order valence-electron chi connectivity index (χ0n) is 17.5. The Bertz CT molecular complexity index is 1050. The lowest BCUT2D eigenvalue weighted by atomic mass is 10.1. The highest BCUT2D eigenvalue weighted by molar-refractivity contribution is 7.89. The zero-order valence-corrected chi connectivity index (χ0v) is 19.1. The molecule has 9 heteroatoms. The third-order valence-electron chi connectivity index (χ3n) is 5.15. The summed E-state index contributed by atoms with van der Waals surface area (Å²) in [5.74, 6) is -0.307. The molecule has 0 aliphatic carbocycles. The van der Waals surface area contributed by atoms with Crippen LogP contribution in [0.25, 0.3) is 0 Å². The van der Waals surface area contributed by atoms with Gasteiger partial charge in [0.2, 0.25) is 15.9 Å². The average Bonchev–Trinajstić information content (AvgIpc) is 2.77. The van der Waals surface area contributed by atoms with Gasteiger partial charge in [-0.2, -0.15) is 0 Å². The lowest BCUT2D eigenvalue weighted by Crippen LogP contribution is -2.51. The van der Waals surface area contributed by atoms with E-state index in [2.05, 4.69) is 4.72 Å². The van der Waals surface area contributed by atoms with Gasteiger partial charge in [-0.05, 0) is 23.8 Å². The van der Waals surface area contributed by atoms with Crippen LogP contribution in [-0.4, -0.2) is 56.2 Å². The van der Waals surface area contributed by atoms with E-state index in [4.69, 9.17) is 11.6 Å². The molecule has 0 spiro atoms. The fraction of sp³-hybridized carbons (Fsp3) is 0.364. The minimum atomic E-state index is -3.91. The van der Waals surface area contributed by atoms with Gasteiger partial charge in [-0.3, -0.25) is 9.59 Å². The summed E-state index contributed by atoms with van der Waals surface area (Å²) < 4.78 is 28.1. The van der Waals surface area contributed by atoms with Crippen molar-refractivity contribution in [1.82, 2.24) is 14.5 Å². The zero-order chi connectivity index (χ0) is 22.6. The van der Waals surface area contributed by atoms with Gasteiger partial charge in [0, 0.05) is 44.2 Å². The second kappa shape index (κ2) is 9.80. The Morgan fingerprint density at radius 2 is 1.61 bits per heavy atom. The van der Waals surface area contributed by atoms with Crippen molar-refractivity contribution in [2.75, 3.05) is 26.2 Å². The summed E-state index contributed by atoms with van der Waals surface area (Å²) in [5.41, 5.74) is 1.05. The fourth-order valence-corrected chi connectivity index (χ4v) is 4.91. The molecule has 7 nitrogen and oxygen atoms in total. The van der Waals surface area contributed by atoms with E-state index in [0.29, 0.717) is 26.2 Å². The van der Waals surface area contributed by atoms with Crippen molar-refractivity contribution in [2.45, 2.75) is 25.3 Å². The molecular formula is C22H26ClN3O4S. The molecule has 0 aromatic heterocycles. The van der Waals surface area contributed by atoms with Crippen LogP contribution in [0.3, 0.4) is 0 Å². The van der Waals surface area contributed by atoms with E-state index in [9.17, 15) is 18.0 Å². The predicted molar refractivity (Wildman–Crippen MR) is 119 cm³/mol. The molecule has 2 aromatic carbocycles. The van der Waals surface area contributed by atoms with Gasteiger partial charge in [0.15, 0.2) is 0 Å². The molecule has 1 aliphatic rings. The monoisotopic (exact) mass is 463 g/mol. The normalized spacial score (nSPS) is 14.7. The first-order valence-corrected chi connectivity index (χ1v) is 12.0. The lowest BCUT2D eigenvalue weighted by molar-refractivity contribution is -0.135. The van der Waals surface area contributed by atoms with E-state index in [0.717, 1.165) is 5.56 Å². The number of halogens is 1. The largest absolute Gasteiger partial charge is 0.339 e. The molecule has 0 saturated carbocycles. The highest BCUT2D eigenvalue weighted by Crippen LogP contribution is 2.24. The highest BCUT2D eigenvalue weighted by Gasteiger charge is 2.27. The number of piperazine rings is 1. The number of sulfonamides is 1. The molecule has 1 saturated heterocycles. The molecule has 0 unspecified atom stereocenters. The van der Waals surface area contributed by atoms with Crippen LogP contribution >= 0.6 is 11.6 Å². The molecule has 2 amide bonds. The Labute approximate surface area is 188 Å². The van der Waals surface area contributed by atoms with Crippen LogP contribution in [0.5, 0.6) is 0 Å². The Morgan fingerprint density at radius 1 is 1.00 bits per heavy atom. The second-order valence-electron chi connectivity index (χ2n) is 7.73. The predicted octanol–water partition coefficient (Wildman–Crippen LogP) is 2.76. The number of amides is 2. The van der Waals surface area contributed by atoms with Crippen molar-refractivity contribution >= 4 is 33.4 Å². The fourth-order valence-electron chi connectivity index (χ4n) is 3.37. The molecule has 2 aromatic rings. The summed E-state index contributed by atoms with van der Waals surface area (Å²) in [6.45, 7) is 5.52. The maximum Gasteiger partial charge on any atom is 0.254 e. The van der Waals surface area contributed by atoms with E-state index in [1.54, 1.807) is 9.80 Å². The molecule has 3 rings (SSSR count). The topological polar surface area (TPSA) is 86.8 Å². The SMILES string of the molecule is CC(C)C(=O)N1CCN(C(=O)c2ccc(Cl)c(S(=O)(=O)NCc3ccccc3)c2)CC1. The number of nitrogens with zero attached hydrogens (tertiary/aromatic N) is 2. The van der Waals surface area contributed by atoms with Crippen molar-refractivity contribution < 1.29 is 18.0 Å². The maximum atomic E-state index is 12.9. The Balaban J connectivity index is 1.71. The van der Waals surface area contributed by atoms with Gasteiger partial charge in [0.25, 0.3) is 5.91 Å². The Kier molecular flexibility index (Phi) is 7.35. The van der Waals surface area contributed by atoms with Crippen LogP contribution in [-0.2, 0) is 21.4 Å². The van der Waals surface area contributed by atoms with Crippen LogP contribution in [0.15, 0.2) is 53.4 Å². The van der Waals surface area contributed by atoms with Crippen LogP contribution in [0.4, 0.5) is 0 Å². The van der Waals surface area contributed by atoms with Gasteiger partial charge in [-0.25, -0.2) is 13.1 Å². The maximum absolute atomic E-state index is 12.9. The smallest absolute Gasteiger partial charge is 0.254 e. The van der Waals surface area contributed by atoms with E-state index in [-0.39, 0.29) is 39.8 Å². The van der Waals surface area contributed by atoms with Crippen LogP contribution in [0, 0.1) is 5.92 Å². The van der Waals surface area contributed by atoms with Crippen LogP contribution < -0.4 is 4.72 Å². The van der Waals surface area contributed by atoms with E-state index < -0.39 is 10.0 Å². The third-order valence-corrected chi connectivity index (χ3v) is 7.03. The highest BCUT2D eigenvalue weighted by atomic mass is 35.5. The minimum absolute atomic E-state index is 0.0458. The molecule has 0 bridgehead atoms.